The first kappa shape index (κ1) is 20.5. The monoisotopic (exact) mass is 480 g/mol. The summed E-state index contributed by atoms with van der Waals surface area (Å²) in [6.45, 7) is 0.733. The Balaban J connectivity index is 1.37. The Morgan fingerprint density at radius 2 is 1.74 bits per heavy atom. The summed E-state index contributed by atoms with van der Waals surface area (Å²) in [5.74, 6) is 1.64. The van der Waals surface area contributed by atoms with Crippen LogP contribution in [-0.2, 0) is 12.3 Å². The van der Waals surface area contributed by atoms with Gasteiger partial charge in [-0.3, -0.25) is 4.57 Å². The molecule has 3 heterocycles. The summed E-state index contributed by atoms with van der Waals surface area (Å²) in [4.78, 5) is 5.91. The standard InChI is InChI=1S/C23H17ClN4S3/c24-18-10-8-17(9-11-18)22-25-19(14-30-22)15-31-23-27-26-21(20-7-4-12-29-20)28(23)13-16-5-2-1-3-6-16/h1-12,14H,13,15H2. The lowest BCUT2D eigenvalue weighted by Crippen LogP contribution is -2.03. The first-order valence-electron chi connectivity index (χ1n) is 9.60. The van der Waals surface area contributed by atoms with Crippen molar-refractivity contribution in [2.45, 2.75) is 17.5 Å². The van der Waals surface area contributed by atoms with Gasteiger partial charge in [0.25, 0.3) is 0 Å². The van der Waals surface area contributed by atoms with Crippen LogP contribution in [-0.4, -0.2) is 19.7 Å². The van der Waals surface area contributed by atoms with Gasteiger partial charge in [0, 0.05) is 21.7 Å². The second-order valence-corrected chi connectivity index (χ2v) is 9.98. The van der Waals surface area contributed by atoms with E-state index in [1.54, 1.807) is 34.4 Å². The lowest BCUT2D eigenvalue weighted by molar-refractivity contribution is 0.715. The Hall–Kier alpha value is -2.45. The second kappa shape index (κ2) is 9.36. The van der Waals surface area contributed by atoms with E-state index in [0.717, 1.165) is 49.4 Å². The van der Waals surface area contributed by atoms with Gasteiger partial charge < -0.3 is 0 Å². The first-order chi connectivity index (χ1) is 15.3. The number of nitrogens with zero attached hydrogens (tertiary/aromatic N) is 4. The van der Waals surface area contributed by atoms with Gasteiger partial charge in [-0.2, -0.15) is 0 Å². The average Bonchev–Trinajstić information content (AvgIpc) is 3.55. The summed E-state index contributed by atoms with van der Waals surface area (Å²) in [5.41, 5.74) is 3.34. The molecule has 0 saturated heterocycles. The third kappa shape index (κ3) is 4.75. The maximum atomic E-state index is 6.00. The minimum absolute atomic E-state index is 0.732. The smallest absolute Gasteiger partial charge is 0.192 e. The molecule has 3 aromatic heterocycles. The molecule has 0 unspecified atom stereocenters. The summed E-state index contributed by atoms with van der Waals surface area (Å²) in [6, 6.07) is 22.3. The molecule has 0 amide bonds. The molecule has 5 aromatic rings. The Kier molecular flexibility index (Phi) is 6.18. The van der Waals surface area contributed by atoms with E-state index in [-0.39, 0.29) is 0 Å². The van der Waals surface area contributed by atoms with E-state index in [0.29, 0.717) is 0 Å². The topological polar surface area (TPSA) is 43.6 Å². The molecule has 31 heavy (non-hydrogen) atoms. The van der Waals surface area contributed by atoms with Crippen molar-refractivity contribution in [3.8, 4) is 21.3 Å². The quantitative estimate of drug-likeness (QED) is 0.232. The molecule has 0 atom stereocenters. The molecule has 154 valence electrons. The number of thiophene rings is 1. The van der Waals surface area contributed by atoms with E-state index in [1.807, 2.05) is 36.4 Å². The van der Waals surface area contributed by atoms with Crippen LogP contribution in [0.1, 0.15) is 11.3 Å². The summed E-state index contributed by atoms with van der Waals surface area (Å²) < 4.78 is 2.19. The van der Waals surface area contributed by atoms with Gasteiger partial charge in [-0.05, 0) is 29.1 Å². The second-order valence-electron chi connectivity index (χ2n) is 6.79. The van der Waals surface area contributed by atoms with Gasteiger partial charge in [0.1, 0.15) is 5.01 Å². The summed E-state index contributed by atoms with van der Waals surface area (Å²) >= 11 is 11.0. The lowest BCUT2D eigenvalue weighted by Gasteiger charge is -2.09. The predicted molar refractivity (Wildman–Crippen MR) is 131 cm³/mol. The molecule has 0 aliphatic carbocycles. The summed E-state index contributed by atoms with van der Waals surface area (Å²) in [7, 11) is 0. The van der Waals surface area contributed by atoms with E-state index in [1.165, 1.54) is 5.56 Å². The highest BCUT2D eigenvalue weighted by Gasteiger charge is 2.16. The van der Waals surface area contributed by atoms with Gasteiger partial charge in [0.05, 0.1) is 17.1 Å². The van der Waals surface area contributed by atoms with Crippen molar-refractivity contribution < 1.29 is 0 Å². The molecule has 0 radical (unpaired) electrons. The van der Waals surface area contributed by atoms with Crippen molar-refractivity contribution in [3.05, 3.63) is 93.8 Å². The van der Waals surface area contributed by atoms with Crippen LogP contribution < -0.4 is 0 Å². The molecule has 4 nitrogen and oxygen atoms in total. The van der Waals surface area contributed by atoms with Crippen molar-refractivity contribution in [1.82, 2.24) is 19.7 Å². The number of aromatic nitrogens is 4. The minimum Gasteiger partial charge on any atom is -0.297 e. The van der Waals surface area contributed by atoms with Crippen LogP contribution in [0.3, 0.4) is 0 Å². The maximum absolute atomic E-state index is 6.00. The van der Waals surface area contributed by atoms with Gasteiger partial charge in [0.15, 0.2) is 11.0 Å². The number of thiazole rings is 1. The molecule has 8 heteroatoms. The van der Waals surface area contributed by atoms with Gasteiger partial charge >= 0.3 is 0 Å². The van der Waals surface area contributed by atoms with Crippen molar-refractivity contribution >= 4 is 46.0 Å². The highest BCUT2D eigenvalue weighted by atomic mass is 35.5. The molecular weight excluding hydrogens is 464 g/mol. The highest BCUT2D eigenvalue weighted by molar-refractivity contribution is 7.98. The van der Waals surface area contributed by atoms with Crippen LogP contribution in [0, 0.1) is 0 Å². The fourth-order valence-electron chi connectivity index (χ4n) is 3.13. The van der Waals surface area contributed by atoms with Crippen LogP contribution in [0.25, 0.3) is 21.3 Å². The molecule has 0 N–H and O–H groups in total. The average molecular weight is 481 g/mol. The van der Waals surface area contributed by atoms with E-state index in [2.05, 4.69) is 55.9 Å². The van der Waals surface area contributed by atoms with E-state index < -0.39 is 0 Å². The van der Waals surface area contributed by atoms with Gasteiger partial charge in [0.2, 0.25) is 0 Å². The molecule has 0 fully saturated rings. The Labute approximate surface area is 197 Å². The predicted octanol–water partition coefficient (Wildman–Crippen LogP) is 7.12. The Bertz CT molecular complexity index is 1260. The molecule has 0 saturated carbocycles. The molecule has 0 aliphatic rings. The Morgan fingerprint density at radius 3 is 2.52 bits per heavy atom. The van der Waals surface area contributed by atoms with Gasteiger partial charge in [-0.25, -0.2) is 4.98 Å². The van der Waals surface area contributed by atoms with Crippen molar-refractivity contribution in [3.63, 3.8) is 0 Å². The molecule has 0 bridgehead atoms. The zero-order valence-electron chi connectivity index (χ0n) is 16.3. The normalized spacial score (nSPS) is 11.1. The summed E-state index contributed by atoms with van der Waals surface area (Å²) in [6.07, 6.45) is 0. The number of benzene rings is 2. The van der Waals surface area contributed by atoms with Gasteiger partial charge in [-0.15, -0.1) is 32.9 Å². The fraction of sp³-hybridized carbons (Fsp3) is 0.0870. The van der Waals surface area contributed by atoms with Crippen LogP contribution in [0.2, 0.25) is 5.02 Å². The van der Waals surface area contributed by atoms with Crippen LogP contribution in [0.15, 0.2) is 82.6 Å². The molecule has 2 aromatic carbocycles. The molecule has 0 spiro atoms. The van der Waals surface area contributed by atoms with E-state index in [9.17, 15) is 0 Å². The molecule has 5 rings (SSSR count). The zero-order valence-corrected chi connectivity index (χ0v) is 19.5. The third-order valence-corrected chi connectivity index (χ3v) is 7.69. The number of thioether (sulfide) groups is 1. The SMILES string of the molecule is Clc1ccc(-c2nc(CSc3nnc(-c4cccs4)n3Cc3ccccc3)cs2)cc1. The highest BCUT2D eigenvalue weighted by Crippen LogP contribution is 2.31. The minimum atomic E-state index is 0.732. The maximum Gasteiger partial charge on any atom is 0.192 e. The third-order valence-electron chi connectivity index (χ3n) is 4.63. The zero-order chi connectivity index (χ0) is 21.0. The molecule has 0 aliphatic heterocycles. The molecular formula is C23H17ClN4S3. The first-order valence-corrected chi connectivity index (χ1v) is 12.7. The van der Waals surface area contributed by atoms with Crippen LogP contribution in [0.5, 0.6) is 0 Å². The lowest BCUT2D eigenvalue weighted by atomic mass is 10.2. The van der Waals surface area contributed by atoms with E-state index in [4.69, 9.17) is 16.6 Å². The van der Waals surface area contributed by atoms with Gasteiger partial charge in [-0.1, -0.05) is 71.9 Å². The van der Waals surface area contributed by atoms with Crippen molar-refractivity contribution in [2.75, 3.05) is 0 Å². The van der Waals surface area contributed by atoms with Crippen LogP contribution in [0.4, 0.5) is 0 Å². The fourth-order valence-corrected chi connectivity index (χ4v) is 5.73. The number of rotatable bonds is 7. The number of hydrogen-bond donors (Lipinski definition) is 0. The summed E-state index contributed by atoms with van der Waals surface area (Å²) in [5, 5.41) is 15.8. The van der Waals surface area contributed by atoms with Crippen LogP contribution >= 0.6 is 46.0 Å². The van der Waals surface area contributed by atoms with Crippen molar-refractivity contribution in [2.24, 2.45) is 0 Å². The number of hydrogen-bond acceptors (Lipinski definition) is 6. The van der Waals surface area contributed by atoms with Crippen molar-refractivity contribution in [1.29, 1.82) is 0 Å². The van der Waals surface area contributed by atoms with E-state index >= 15 is 0 Å². The Morgan fingerprint density at radius 1 is 0.903 bits per heavy atom. The largest absolute Gasteiger partial charge is 0.297 e. The number of halogens is 1.